The highest BCUT2D eigenvalue weighted by Gasteiger charge is 2.09. The molecule has 0 saturated carbocycles. The van der Waals surface area contributed by atoms with Crippen LogP contribution in [0, 0.1) is 5.82 Å². The zero-order valence-electron chi connectivity index (χ0n) is 14.0. The summed E-state index contributed by atoms with van der Waals surface area (Å²) in [4.78, 5) is 12.0. The van der Waals surface area contributed by atoms with E-state index in [-0.39, 0.29) is 18.0 Å². The molecule has 0 aliphatic heterocycles. The summed E-state index contributed by atoms with van der Waals surface area (Å²) in [6.07, 6.45) is 0.792. The van der Waals surface area contributed by atoms with Gasteiger partial charge in [0.1, 0.15) is 5.82 Å². The minimum absolute atomic E-state index is 0.198. The first-order valence-electron chi connectivity index (χ1n) is 8.07. The molecule has 1 amide bonds. The quantitative estimate of drug-likeness (QED) is 0.789. The van der Waals surface area contributed by atoms with Gasteiger partial charge in [0.2, 0.25) is 5.91 Å². The number of benzene rings is 2. The Balaban J connectivity index is 1.97. The SMILES string of the molecule is CCOc1ccc(CCC(=O)Nc2ccccc2F)cc1OCC. The van der Waals surface area contributed by atoms with Crippen LogP contribution in [0.1, 0.15) is 25.8 Å². The summed E-state index contributed by atoms with van der Waals surface area (Å²) in [5, 5.41) is 2.58. The van der Waals surface area contributed by atoms with Gasteiger partial charge in [-0.1, -0.05) is 18.2 Å². The highest BCUT2D eigenvalue weighted by Crippen LogP contribution is 2.29. The molecule has 5 heteroatoms. The Kier molecular flexibility index (Phi) is 6.61. The average Bonchev–Trinajstić information content (AvgIpc) is 2.57. The summed E-state index contributed by atoms with van der Waals surface area (Å²) in [6, 6.07) is 11.8. The minimum Gasteiger partial charge on any atom is -0.490 e. The number of para-hydroxylation sites is 1. The predicted octanol–water partition coefficient (Wildman–Crippen LogP) is 4.19. The highest BCUT2D eigenvalue weighted by atomic mass is 19.1. The monoisotopic (exact) mass is 331 g/mol. The smallest absolute Gasteiger partial charge is 0.224 e. The van der Waals surface area contributed by atoms with E-state index in [2.05, 4.69) is 5.32 Å². The number of nitrogens with one attached hydrogen (secondary N) is 1. The second kappa shape index (κ2) is 8.91. The van der Waals surface area contributed by atoms with Crippen molar-refractivity contribution in [3.05, 3.63) is 53.8 Å². The molecular weight excluding hydrogens is 309 g/mol. The maximum atomic E-state index is 13.5. The molecule has 0 fully saturated rings. The highest BCUT2D eigenvalue weighted by molar-refractivity contribution is 5.90. The van der Waals surface area contributed by atoms with Crippen molar-refractivity contribution >= 4 is 11.6 Å². The van der Waals surface area contributed by atoms with Gasteiger partial charge in [0.15, 0.2) is 11.5 Å². The van der Waals surface area contributed by atoms with Crippen molar-refractivity contribution in [1.29, 1.82) is 0 Å². The topological polar surface area (TPSA) is 47.6 Å². The van der Waals surface area contributed by atoms with Gasteiger partial charge >= 0.3 is 0 Å². The van der Waals surface area contributed by atoms with E-state index in [4.69, 9.17) is 9.47 Å². The third-order valence-electron chi connectivity index (χ3n) is 3.40. The van der Waals surface area contributed by atoms with Gasteiger partial charge in [-0.3, -0.25) is 4.79 Å². The lowest BCUT2D eigenvalue weighted by Gasteiger charge is -2.12. The number of aryl methyl sites for hydroxylation is 1. The van der Waals surface area contributed by atoms with Crippen LogP contribution in [0.25, 0.3) is 0 Å². The van der Waals surface area contributed by atoms with Gasteiger partial charge < -0.3 is 14.8 Å². The van der Waals surface area contributed by atoms with Gasteiger partial charge in [0.05, 0.1) is 18.9 Å². The van der Waals surface area contributed by atoms with Crippen LogP contribution in [0.5, 0.6) is 11.5 Å². The van der Waals surface area contributed by atoms with Crippen molar-refractivity contribution in [2.45, 2.75) is 26.7 Å². The summed E-state index contributed by atoms with van der Waals surface area (Å²) in [6.45, 7) is 4.92. The molecule has 0 aliphatic rings. The lowest BCUT2D eigenvalue weighted by molar-refractivity contribution is -0.116. The predicted molar refractivity (Wildman–Crippen MR) is 92.1 cm³/mol. The van der Waals surface area contributed by atoms with E-state index in [0.29, 0.717) is 31.1 Å². The first-order valence-corrected chi connectivity index (χ1v) is 8.07. The lowest BCUT2D eigenvalue weighted by atomic mass is 10.1. The van der Waals surface area contributed by atoms with Gasteiger partial charge in [-0.15, -0.1) is 0 Å². The van der Waals surface area contributed by atoms with Crippen LogP contribution in [0.4, 0.5) is 10.1 Å². The molecule has 2 rings (SSSR count). The van der Waals surface area contributed by atoms with Gasteiger partial charge in [0.25, 0.3) is 0 Å². The molecule has 4 nitrogen and oxygen atoms in total. The molecule has 128 valence electrons. The molecule has 24 heavy (non-hydrogen) atoms. The average molecular weight is 331 g/mol. The van der Waals surface area contributed by atoms with Crippen LogP contribution >= 0.6 is 0 Å². The van der Waals surface area contributed by atoms with Gasteiger partial charge in [-0.25, -0.2) is 4.39 Å². The third kappa shape index (κ3) is 4.98. The van der Waals surface area contributed by atoms with Crippen molar-refractivity contribution in [2.75, 3.05) is 18.5 Å². The second-order valence-electron chi connectivity index (χ2n) is 5.18. The molecule has 0 radical (unpaired) electrons. The largest absolute Gasteiger partial charge is 0.490 e. The van der Waals surface area contributed by atoms with Crippen molar-refractivity contribution in [3.63, 3.8) is 0 Å². The van der Waals surface area contributed by atoms with E-state index in [0.717, 1.165) is 5.56 Å². The molecule has 0 unspecified atom stereocenters. The number of amides is 1. The Morgan fingerprint density at radius 2 is 1.75 bits per heavy atom. The third-order valence-corrected chi connectivity index (χ3v) is 3.40. The summed E-state index contributed by atoms with van der Waals surface area (Å²) in [7, 11) is 0. The van der Waals surface area contributed by atoms with Gasteiger partial charge in [-0.2, -0.15) is 0 Å². The van der Waals surface area contributed by atoms with Gasteiger partial charge in [0, 0.05) is 6.42 Å². The van der Waals surface area contributed by atoms with Crippen LogP contribution in [0.3, 0.4) is 0 Å². The zero-order chi connectivity index (χ0) is 17.4. The van der Waals surface area contributed by atoms with Crippen LogP contribution < -0.4 is 14.8 Å². The van der Waals surface area contributed by atoms with E-state index in [1.807, 2.05) is 32.0 Å². The van der Waals surface area contributed by atoms with Crippen LogP contribution in [-0.4, -0.2) is 19.1 Å². The molecule has 0 saturated heterocycles. The van der Waals surface area contributed by atoms with E-state index < -0.39 is 5.82 Å². The standard InChI is InChI=1S/C19H22FNO3/c1-3-23-17-11-9-14(13-18(17)24-4-2)10-12-19(22)21-16-8-6-5-7-15(16)20/h5-9,11,13H,3-4,10,12H2,1-2H3,(H,21,22). The number of halogens is 1. The second-order valence-corrected chi connectivity index (χ2v) is 5.18. The molecule has 0 heterocycles. The van der Waals surface area contributed by atoms with Crippen molar-refractivity contribution in [3.8, 4) is 11.5 Å². The minimum atomic E-state index is -0.439. The van der Waals surface area contributed by atoms with Gasteiger partial charge in [-0.05, 0) is 50.1 Å². The summed E-state index contributed by atoms with van der Waals surface area (Å²) < 4.78 is 24.6. The number of carbonyl (C=O) groups excluding carboxylic acids is 1. The number of carbonyl (C=O) groups is 1. The molecular formula is C19H22FNO3. The molecule has 0 spiro atoms. The van der Waals surface area contributed by atoms with E-state index >= 15 is 0 Å². The summed E-state index contributed by atoms with van der Waals surface area (Å²) >= 11 is 0. The Labute approximate surface area is 141 Å². The first kappa shape index (κ1) is 17.8. The molecule has 1 N–H and O–H groups in total. The number of anilines is 1. The fraction of sp³-hybridized carbons (Fsp3) is 0.316. The summed E-state index contributed by atoms with van der Waals surface area (Å²) in [5.74, 6) is 0.697. The first-order chi connectivity index (χ1) is 11.6. The Morgan fingerprint density at radius 1 is 1.04 bits per heavy atom. The number of hydrogen-bond donors (Lipinski definition) is 1. The lowest BCUT2D eigenvalue weighted by Crippen LogP contribution is -2.13. The van der Waals surface area contributed by atoms with E-state index in [9.17, 15) is 9.18 Å². The van der Waals surface area contributed by atoms with Crippen LogP contribution in [0.2, 0.25) is 0 Å². The van der Waals surface area contributed by atoms with E-state index in [1.165, 1.54) is 12.1 Å². The maximum absolute atomic E-state index is 13.5. The number of rotatable bonds is 8. The molecule has 0 bridgehead atoms. The van der Waals surface area contributed by atoms with Crippen LogP contribution in [-0.2, 0) is 11.2 Å². The normalized spacial score (nSPS) is 10.3. The maximum Gasteiger partial charge on any atom is 0.224 e. The van der Waals surface area contributed by atoms with Crippen LogP contribution in [0.15, 0.2) is 42.5 Å². The fourth-order valence-electron chi connectivity index (χ4n) is 2.28. The fourth-order valence-corrected chi connectivity index (χ4v) is 2.28. The molecule has 0 atom stereocenters. The van der Waals surface area contributed by atoms with Crippen molar-refractivity contribution in [1.82, 2.24) is 0 Å². The van der Waals surface area contributed by atoms with E-state index in [1.54, 1.807) is 12.1 Å². The molecule has 0 aromatic heterocycles. The summed E-state index contributed by atoms with van der Waals surface area (Å²) in [5.41, 5.74) is 1.16. The molecule has 0 aliphatic carbocycles. The number of ether oxygens (including phenoxy) is 2. The Bertz CT molecular complexity index is 688. The Hall–Kier alpha value is -2.56. The zero-order valence-corrected chi connectivity index (χ0v) is 14.0. The molecule has 2 aromatic carbocycles. The Morgan fingerprint density at radius 3 is 2.46 bits per heavy atom. The van der Waals surface area contributed by atoms with Crippen molar-refractivity contribution < 1.29 is 18.7 Å². The number of hydrogen-bond acceptors (Lipinski definition) is 3. The molecule has 2 aromatic rings. The van der Waals surface area contributed by atoms with Crippen molar-refractivity contribution in [2.24, 2.45) is 0 Å².